The topological polar surface area (TPSA) is 36.9 Å². The Morgan fingerprint density at radius 3 is 1.46 bits per heavy atom. The van der Waals surface area contributed by atoms with Crippen LogP contribution in [0, 0.1) is 0 Å². The summed E-state index contributed by atoms with van der Waals surface area (Å²) in [7, 11) is -10.7. The lowest BCUT2D eigenvalue weighted by atomic mass is 11.2. The Hall–Kier alpha value is -0.376. The monoisotopic (exact) mass is 416 g/mol. The van der Waals surface area contributed by atoms with E-state index in [0.717, 1.165) is 0 Å². The smallest absolute Gasteiger partial charge is 0.372 e. The van der Waals surface area contributed by atoms with Gasteiger partial charge in [0.2, 0.25) is 0 Å². The molecule has 0 aromatic heterocycles. The van der Waals surface area contributed by atoms with Gasteiger partial charge in [-0.3, -0.25) is 0 Å². The highest BCUT2D eigenvalue weighted by atomic mass is 28.5. The summed E-state index contributed by atoms with van der Waals surface area (Å²) in [5, 5.41) is 0. The zero-order valence-electron chi connectivity index (χ0n) is 15.8. The van der Waals surface area contributed by atoms with Crippen molar-refractivity contribution in [2.75, 3.05) is 0 Å². The van der Waals surface area contributed by atoms with E-state index in [1.54, 1.807) is 28.5 Å². The quantitative estimate of drug-likeness (QED) is 0.430. The Kier molecular flexibility index (Phi) is 9.21. The molecule has 0 saturated carbocycles. The van der Waals surface area contributed by atoms with E-state index < -0.39 is 43.8 Å². The Bertz CT molecular complexity index is 460. The second-order valence-electron chi connectivity index (χ2n) is 6.13. The Balaban J connectivity index is 5.56. The van der Waals surface area contributed by atoms with Crippen LogP contribution in [0.1, 0.15) is 0 Å². The van der Waals surface area contributed by atoms with Crippen LogP contribution in [0.5, 0.6) is 0 Å². The van der Waals surface area contributed by atoms with Crippen LogP contribution in [-0.4, -0.2) is 43.8 Å². The van der Waals surface area contributed by atoms with Gasteiger partial charge in [-0.15, -0.1) is 32.9 Å². The van der Waals surface area contributed by atoms with E-state index in [-0.39, 0.29) is 0 Å². The second kappa shape index (κ2) is 9.36. The van der Waals surface area contributed by atoms with E-state index in [1.807, 2.05) is 26.2 Å². The summed E-state index contributed by atoms with van der Waals surface area (Å²) in [6.07, 6.45) is 0. The molecule has 4 nitrogen and oxygen atoms in total. The van der Waals surface area contributed by atoms with Crippen LogP contribution in [0.3, 0.4) is 0 Å². The fraction of sp³-hybridized carbons (Fsp3) is 0.333. The van der Waals surface area contributed by atoms with Crippen molar-refractivity contribution >= 4 is 43.8 Å². The molecule has 0 aliphatic heterocycles. The number of hydrogen-bond acceptors (Lipinski definition) is 4. The van der Waals surface area contributed by atoms with Gasteiger partial charge in [-0.25, -0.2) is 0 Å². The Morgan fingerprint density at radius 2 is 1.12 bits per heavy atom. The summed E-state index contributed by atoms with van der Waals surface area (Å²) in [4.78, 5) is 0. The molecule has 136 valence electrons. The van der Waals surface area contributed by atoms with Crippen molar-refractivity contribution in [3.05, 3.63) is 61.4 Å². The minimum Gasteiger partial charge on any atom is -0.442 e. The minimum absolute atomic E-state index is 0.540. The molecule has 0 fully saturated rings. The van der Waals surface area contributed by atoms with Gasteiger partial charge in [0.25, 0.3) is 8.32 Å². The van der Waals surface area contributed by atoms with Gasteiger partial charge in [0.15, 0.2) is 0 Å². The van der Waals surface area contributed by atoms with Crippen LogP contribution in [0.15, 0.2) is 61.4 Å². The molecular weight excluding hydrogens is 385 g/mol. The van der Waals surface area contributed by atoms with Crippen LogP contribution in [0.25, 0.3) is 0 Å². The SMILES string of the molecule is C=C[Si](C=C)(C=C)O[Si](C=C)(C=C)O[Si](C)(C)O[Si](C)(C)O[SiH2]C. The lowest BCUT2D eigenvalue weighted by Gasteiger charge is -2.40. The predicted molar refractivity (Wildman–Crippen MR) is 116 cm³/mol. The van der Waals surface area contributed by atoms with E-state index >= 15 is 0 Å². The standard InChI is InChI=1S/C15H32O4Si5/c1-11-23(12-2,13-3)19-24(14-4,15-5)18-22(9,10)17-21(7,8)16-20-6/h11-15H,1-5,20H2,6-10H3. The summed E-state index contributed by atoms with van der Waals surface area (Å²) in [5.41, 5.74) is 8.75. The van der Waals surface area contributed by atoms with Gasteiger partial charge >= 0.3 is 25.7 Å². The molecule has 0 aliphatic rings. The predicted octanol–water partition coefficient (Wildman–Crippen LogP) is 3.60. The van der Waals surface area contributed by atoms with Crippen LogP contribution in [-0.2, 0) is 16.5 Å². The zero-order valence-corrected chi connectivity index (χ0v) is 21.2. The van der Waals surface area contributed by atoms with Crippen LogP contribution in [0.2, 0.25) is 32.7 Å². The summed E-state index contributed by atoms with van der Waals surface area (Å²) in [5.74, 6) is 0. The summed E-state index contributed by atoms with van der Waals surface area (Å²) in [6, 6.07) is 0. The number of hydrogen-bond donors (Lipinski definition) is 0. The first kappa shape index (κ1) is 23.6. The van der Waals surface area contributed by atoms with Gasteiger partial charge in [0, 0.05) is 0 Å². The average molecular weight is 417 g/mol. The molecule has 0 radical (unpaired) electrons. The van der Waals surface area contributed by atoms with E-state index in [0.29, 0.717) is 0 Å². The normalized spacial score (nSPS) is 13.7. The lowest BCUT2D eigenvalue weighted by Crippen LogP contribution is -2.58. The van der Waals surface area contributed by atoms with Crippen molar-refractivity contribution in [2.45, 2.75) is 32.7 Å². The fourth-order valence-corrected chi connectivity index (χ4v) is 19.9. The zero-order chi connectivity index (χ0) is 19.1. The number of rotatable bonds is 13. The highest BCUT2D eigenvalue weighted by Crippen LogP contribution is 2.26. The minimum atomic E-state index is -2.91. The molecule has 0 atom stereocenters. The molecule has 0 unspecified atom stereocenters. The maximum absolute atomic E-state index is 6.43. The third kappa shape index (κ3) is 6.86. The maximum Gasteiger partial charge on any atom is 0.372 e. The van der Waals surface area contributed by atoms with Crippen LogP contribution >= 0.6 is 0 Å². The fourth-order valence-electron chi connectivity index (χ4n) is 2.30. The van der Waals surface area contributed by atoms with Crippen LogP contribution in [0.4, 0.5) is 0 Å². The maximum atomic E-state index is 6.43. The van der Waals surface area contributed by atoms with Gasteiger partial charge in [-0.1, -0.05) is 23.6 Å². The summed E-state index contributed by atoms with van der Waals surface area (Å²) < 4.78 is 25.0. The van der Waals surface area contributed by atoms with Gasteiger partial charge < -0.3 is 16.5 Å². The van der Waals surface area contributed by atoms with Gasteiger partial charge in [-0.05, 0) is 37.6 Å². The molecule has 0 amide bonds. The molecule has 0 N–H and O–H groups in total. The summed E-state index contributed by atoms with van der Waals surface area (Å²) >= 11 is 0. The lowest BCUT2D eigenvalue weighted by molar-refractivity contribution is 0.312. The highest BCUT2D eigenvalue weighted by Gasteiger charge is 2.46. The first-order chi connectivity index (χ1) is 11.0. The third-order valence-electron chi connectivity index (χ3n) is 3.25. The summed E-state index contributed by atoms with van der Waals surface area (Å²) in [6.45, 7) is 29.6. The largest absolute Gasteiger partial charge is 0.442 e. The molecule has 9 heteroatoms. The van der Waals surface area contributed by atoms with Crippen molar-refractivity contribution in [2.24, 2.45) is 0 Å². The Labute approximate surface area is 154 Å². The Morgan fingerprint density at radius 1 is 0.667 bits per heavy atom. The van der Waals surface area contributed by atoms with Crippen molar-refractivity contribution in [1.82, 2.24) is 0 Å². The molecule has 0 bridgehead atoms. The molecule has 0 aromatic rings. The average Bonchev–Trinajstić information content (AvgIpc) is 2.50. The van der Waals surface area contributed by atoms with E-state index in [4.69, 9.17) is 16.5 Å². The van der Waals surface area contributed by atoms with Gasteiger partial charge in [0.05, 0.1) is 0 Å². The van der Waals surface area contributed by atoms with Crippen LogP contribution < -0.4 is 0 Å². The van der Waals surface area contributed by atoms with E-state index in [2.05, 4.69) is 39.4 Å². The van der Waals surface area contributed by atoms with Gasteiger partial charge in [0.1, 0.15) is 9.76 Å². The first-order valence-electron chi connectivity index (χ1n) is 7.91. The first-order valence-corrected chi connectivity index (χ1v) is 19.6. The van der Waals surface area contributed by atoms with Crippen molar-refractivity contribution < 1.29 is 16.5 Å². The van der Waals surface area contributed by atoms with E-state index in [1.165, 1.54) is 0 Å². The molecule has 0 saturated heterocycles. The third-order valence-corrected chi connectivity index (χ3v) is 20.1. The van der Waals surface area contributed by atoms with Crippen molar-refractivity contribution in [1.29, 1.82) is 0 Å². The van der Waals surface area contributed by atoms with Gasteiger partial charge in [-0.2, -0.15) is 0 Å². The highest BCUT2D eigenvalue weighted by molar-refractivity contribution is 6.98. The molecule has 0 aliphatic carbocycles. The van der Waals surface area contributed by atoms with Crippen molar-refractivity contribution in [3.8, 4) is 0 Å². The second-order valence-corrected chi connectivity index (χ2v) is 21.1. The molecular formula is C15H32O4Si5. The van der Waals surface area contributed by atoms with E-state index in [9.17, 15) is 0 Å². The van der Waals surface area contributed by atoms with Crippen molar-refractivity contribution in [3.63, 3.8) is 0 Å². The molecule has 0 spiro atoms. The molecule has 0 rings (SSSR count). The molecule has 24 heavy (non-hydrogen) atoms. The molecule has 0 heterocycles. The molecule has 0 aromatic carbocycles.